The van der Waals surface area contributed by atoms with Gasteiger partial charge in [-0.2, -0.15) is 8.78 Å². The molecule has 2 rings (SSSR count). The second-order valence-corrected chi connectivity index (χ2v) is 4.18. The van der Waals surface area contributed by atoms with Crippen molar-refractivity contribution < 1.29 is 17.9 Å². The average Bonchev–Trinajstić information content (AvgIpc) is 2.89. The molecule has 1 aromatic carbocycles. The van der Waals surface area contributed by atoms with E-state index in [-0.39, 0.29) is 11.8 Å². The maximum atomic E-state index is 12.0. The molecule has 0 amide bonds. The summed E-state index contributed by atoms with van der Waals surface area (Å²) in [6.07, 6.45) is 3.30. The number of halogens is 2. The highest BCUT2D eigenvalue weighted by Gasteiger charge is 2.07. The fourth-order valence-corrected chi connectivity index (χ4v) is 1.72. The van der Waals surface area contributed by atoms with Crippen LogP contribution in [0.3, 0.4) is 0 Å². The zero-order valence-electron chi connectivity index (χ0n) is 10.5. The molecule has 0 aliphatic heterocycles. The summed E-state index contributed by atoms with van der Waals surface area (Å²) in [6, 6.07) is 8.61. The first-order valence-electron chi connectivity index (χ1n) is 5.94. The molecular formula is C14H15F2NO2. The van der Waals surface area contributed by atoms with Gasteiger partial charge in [-0.3, -0.25) is 0 Å². The van der Waals surface area contributed by atoms with Crippen molar-refractivity contribution in [1.82, 2.24) is 5.32 Å². The Bertz CT molecular complexity index is 483. The lowest BCUT2D eigenvalue weighted by molar-refractivity contribution is -0.0498. The van der Waals surface area contributed by atoms with Crippen LogP contribution >= 0.6 is 0 Å². The Morgan fingerprint density at radius 1 is 1.21 bits per heavy atom. The van der Waals surface area contributed by atoms with Crippen molar-refractivity contribution in [3.05, 3.63) is 54.0 Å². The molecule has 2 aromatic rings. The van der Waals surface area contributed by atoms with Crippen LogP contribution in [0.2, 0.25) is 0 Å². The van der Waals surface area contributed by atoms with Gasteiger partial charge in [-0.1, -0.05) is 12.1 Å². The Morgan fingerprint density at radius 2 is 1.95 bits per heavy atom. The summed E-state index contributed by atoms with van der Waals surface area (Å²) in [4.78, 5) is 0. The Labute approximate surface area is 110 Å². The average molecular weight is 267 g/mol. The van der Waals surface area contributed by atoms with Gasteiger partial charge in [0.05, 0.1) is 12.5 Å². The van der Waals surface area contributed by atoms with E-state index in [9.17, 15) is 8.78 Å². The van der Waals surface area contributed by atoms with E-state index in [1.165, 1.54) is 12.1 Å². The highest BCUT2D eigenvalue weighted by Crippen LogP contribution is 2.19. The third kappa shape index (κ3) is 4.06. The minimum Gasteiger partial charge on any atom is -0.472 e. The largest absolute Gasteiger partial charge is 0.472 e. The lowest BCUT2D eigenvalue weighted by Crippen LogP contribution is -2.17. The van der Waals surface area contributed by atoms with Gasteiger partial charge in [0.25, 0.3) is 0 Å². The minimum atomic E-state index is -2.79. The molecule has 0 saturated heterocycles. The molecule has 19 heavy (non-hydrogen) atoms. The first-order valence-corrected chi connectivity index (χ1v) is 5.94. The zero-order valence-corrected chi connectivity index (χ0v) is 10.5. The molecule has 0 aliphatic rings. The van der Waals surface area contributed by atoms with Crippen molar-refractivity contribution in [2.45, 2.75) is 26.1 Å². The summed E-state index contributed by atoms with van der Waals surface area (Å²) in [5.74, 6) is 0.167. The van der Waals surface area contributed by atoms with E-state index in [2.05, 4.69) is 10.1 Å². The van der Waals surface area contributed by atoms with Crippen LogP contribution in [0.1, 0.15) is 24.1 Å². The second kappa shape index (κ2) is 6.33. The highest BCUT2D eigenvalue weighted by molar-refractivity contribution is 5.29. The van der Waals surface area contributed by atoms with Crippen molar-refractivity contribution in [2.75, 3.05) is 0 Å². The maximum absolute atomic E-state index is 12.0. The number of hydrogen-bond donors (Lipinski definition) is 1. The van der Waals surface area contributed by atoms with Crippen LogP contribution in [0.4, 0.5) is 8.78 Å². The number of nitrogens with one attached hydrogen (secondary N) is 1. The maximum Gasteiger partial charge on any atom is 0.387 e. The van der Waals surface area contributed by atoms with Crippen LogP contribution in [-0.4, -0.2) is 6.61 Å². The number of ether oxygens (including phenoxy) is 1. The van der Waals surface area contributed by atoms with Crippen LogP contribution in [0, 0.1) is 0 Å². The van der Waals surface area contributed by atoms with Gasteiger partial charge in [-0.05, 0) is 30.7 Å². The van der Waals surface area contributed by atoms with Crippen LogP contribution in [-0.2, 0) is 6.54 Å². The molecule has 1 heterocycles. The molecule has 0 radical (unpaired) electrons. The molecule has 5 heteroatoms. The topological polar surface area (TPSA) is 34.4 Å². The van der Waals surface area contributed by atoms with Crippen molar-refractivity contribution in [1.29, 1.82) is 0 Å². The molecule has 1 N–H and O–H groups in total. The van der Waals surface area contributed by atoms with Crippen LogP contribution in [0.15, 0.2) is 47.3 Å². The van der Waals surface area contributed by atoms with Crippen LogP contribution in [0.5, 0.6) is 5.75 Å². The van der Waals surface area contributed by atoms with E-state index < -0.39 is 6.61 Å². The number of hydrogen-bond acceptors (Lipinski definition) is 3. The first-order chi connectivity index (χ1) is 9.15. The third-order valence-corrected chi connectivity index (χ3v) is 2.80. The molecule has 0 bridgehead atoms. The normalized spacial score (nSPS) is 12.6. The summed E-state index contributed by atoms with van der Waals surface area (Å²) in [5, 5.41) is 3.31. The highest BCUT2D eigenvalue weighted by atomic mass is 19.3. The quantitative estimate of drug-likeness (QED) is 0.866. The summed E-state index contributed by atoms with van der Waals surface area (Å²) < 4.78 is 33.3. The molecule has 0 spiro atoms. The minimum absolute atomic E-state index is 0.107. The van der Waals surface area contributed by atoms with E-state index in [0.29, 0.717) is 6.54 Å². The van der Waals surface area contributed by atoms with Crippen molar-refractivity contribution in [3.8, 4) is 5.75 Å². The molecule has 102 valence electrons. The monoisotopic (exact) mass is 267 g/mol. The molecule has 1 unspecified atom stereocenters. The van der Waals surface area contributed by atoms with Gasteiger partial charge < -0.3 is 14.5 Å². The molecule has 0 saturated carbocycles. The molecule has 0 aliphatic carbocycles. The van der Waals surface area contributed by atoms with E-state index in [1.54, 1.807) is 24.7 Å². The summed E-state index contributed by atoms with van der Waals surface area (Å²) in [6.45, 7) is -0.0989. The summed E-state index contributed by atoms with van der Waals surface area (Å²) >= 11 is 0. The third-order valence-electron chi connectivity index (χ3n) is 2.80. The Hall–Kier alpha value is -1.88. The summed E-state index contributed by atoms with van der Waals surface area (Å²) in [5.41, 5.74) is 2.06. The van der Waals surface area contributed by atoms with E-state index in [4.69, 9.17) is 4.42 Å². The van der Waals surface area contributed by atoms with Crippen molar-refractivity contribution in [2.24, 2.45) is 0 Å². The SMILES string of the molecule is CC(NCc1ccoc1)c1ccc(OC(F)F)cc1. The Kier molecular flexibility index (Phi) is 4.52. The van der Waals surface area contributed by atoms with Gasteiger partial charge in [0, 0.05) is 18.2 Å². The fraction of sp³-hybridized carbons (Fsp3) is 0.286. The number of rotatable bonds is 6. The number of benzene rings is 1. The number of alkyl halides is 2. The van der Waals surface area contributed by atoms with Gasteiger partial charge in [-0.25, -0.2) is 0 Å². The standard InChI is InChI=1S/C14H15F2NO2/c1-10(17-8-11-6-7-18-9-11)12-2-4-13(5-3-12)19-14(15)16/h2-7,9-10,14,17H,8H2,1H3. The first kappa shape index (κ1) is 13.5. The molecular weight excluding hydrogens is 252 g/mol. The van der Waals surface area contributed by atoms with Crippen molar-refractivity contribution in [3.63, 3.8) is 0 Å². The van der Waals surface area contributed by atoms with E-state index in [1.807, 2.05) is 13.0 Å². The lowest BCUT2D eigenvalue weighted by atomic mass is 10.1. The summed E-state index contributed by atoms with van der Waals surface area (Å²) in [7, 11) is 0. The molecule has 1 atom stereocenters. The van der Waals surface area contributed by atoms with Gasteiger partial charge >= 0.3 is 6.61 Å². The van der Waals surface area contributed by atoms with Gasteiger partial charge in [0.2, 0.25) is 0 Å². The van der Waals surface area contributed by atoms with Crippen LogP contribution in [0.25, 0.3) is 0 Å². The zero-order chi connectivity index (χ0) is 13.7. The molecule has 0 fully saturated rings. The number of furan rings is 1. The van der Waals surface area contributed by atoms with Gasteiger partial charge in [-0.15, -0.1) is 0 Å². The van der Waals surface area contributed by atoms with E-state index in [0.717, 1.165) is 11.1 Å². The second-order valence-electron chi connectivity index (χ2n) is 4.18. The van der Waals surface area contributed by atoms with Crippen LogP contribution < -0.4 is 10.1 Å². The van der Waals surface area contributed by atoms with Crippen molar-refractivity contribution >= 4 is 0 Å². The van der Waals surface area contributed by atoms with Gasteiger partial charge in [0.15, 0.2) is 0 Å². The van der Waals surface area contributed by atoms with E-state index >= 15 is 0 Å². The Balaban J connectivity index is 1.90. The molecule has 3 nitrogen and oxygen atoms in total. The smallest absolute Gasteiger partial charge is 0.387 e. The molecule has 1 aromatic heterocycles. The fourth-order valence-electron chi connectivity index (χ4n) is 1.72. The van der Waals surface area contributed by atoms with Gasteiger partial charge in [0.1, 0.15) is 5.75 Å². The Morgan fingerprint density at radius 3 is 2.53 bits per heavy atom. The predicted molar refractivity (Wildman–Crippen MR) is 67.0 cm³/mol. The predicted octanol–water partition coefficient (Wildman–Crippen LogP) is 3.73. The lowest BCUT2D eigenvalue weighted by Gasteiger charge is -2.14.